The molecule has 0 aliphatic carbocycles. The van der Waals surface area contributed by atoms with Crippen molar-refractivity contribution in [1.82, 2.24) is 10.2 Å². The van der Waals surface area contributed by atoms with Crippen LogP contribution >= 0.6 is 0 Å². The maximum Gasteiger partial charge on any atom is 0.255 e. The van der Waals surface area contributed by atoms with Gasteiger partial charge in [0.1, 0.15) is 6.29 Å². The molecule has 0 spiro atoms. The zero-order valence-corrected chi connectivity index (χ0v) is 12.7. The maximum absolute atomic E-state index is 12.6. The molecule has 0 bridgehead atoms. The lowest BCUT2D eigenvalue weighted by Gasteiger charge is -2.29. The number of nitrogens with zero attached hydrogens (tertiary/aromatic N) is 1. The predicted molar refractivity (Wildman–Crippen MR) is 83.0 cm³/mol. The summed E-state index contributed by atoms with van der Waals surface area (Å²) in [7, 11) is 1.79. The van der Waals surface area contributed by atoms with E-state index in [2.05, 4.69) is 24.9 Å². The number of hydrogen-bond donors (Lipinski definition) is 1. The highest BCUT2D eigenvalue weighted by atomic mass is 16.2. The van der Waals surface area contributed by atoms with E-state index in [0.29, 0.717) is 19.4 Å². The minimum absolute atomic E-state index is 0.0277. The van der Waals surface area contributed by atoms with Crippen molar-refractivity contribution in [3.8, 4) is 0 Å². The van der Waals surface area contributed by atoms with Gasteiger partial charge in [0.15, 0.2) is 0 Å². The minimum Gasteiger partial charge on any atom is -0.390 e. The van der Waals surface area contributed by atoms with E-state index in [-0.39, 0.29) is 11.9 Å². The van der Waals surface area contributed by atoms with Crippen LogP contribution in [0.4, 0.5) is 0 Å². The fraction of sp³-hybridized carbons (Fsp3) is 0.412. The summed E-state index contributed by atoms with van der Waals surface area (Å²) in [5.41, 5.74) is 3.85. The molecule has 0 radical (unpaired) electrons. The Bertz CT molecular complexity index is 566. The molecule has 112 valence electrons. The lowest BCUT2D eigenvalue weighted by Crippen LogP contribution is -2.39. The molecule has 1 N–H and O–H groups in total. The van der Waals surface area contributed by atoms with Crippen molar-refractivity contribution in [2.45, 2.75) is 38.8 Å². The van der Waals surface area contributed by atoms with Crippen molar-refractivity contribution in [3.63, 3.8) is 0 Å². The zero-order chi connectivity index (χ0) is 15.4. The number of rotatable bonds is 7. The molecule has 1 heterocycles. The van der Waals surface area contributed by atoms with Gasteiger partial charge in [-0.25, -0.2) is 0 Å². The number of carbonyl (C=O) groups is 2. The van der Waals surface area contributed by atoms with E-state index in [1.165, 1.54) is 5.56 Å². The average Bonchev–Trinajstić information content (AvgIpc) is 2.83. The van der Waals surface area contributed by atoms with E-state index < -0.39 is 0 Å². The van der Waals surface area contributed by atoms with E-state index in [9.17, 15) is 9.59 Å². The van der Waals surface area contributed by atoms with Gasteiger partial charge in [-0.05, 0) is 30.0 Å². The molecule has 0 fully saturated rings. The van der Waals surface area contributed by atoms with Crippen molar-refractivity contribution < 1.29 is 9.59 Å². The van der Waals surface area contributed by atoms with Crippen LogP contribution in [0.5, 0.6) is 0 Å². The monoisotopic (exact) mass is 286 g/mol. The molecule has 21 heavy (non-hydrogen) atoms. The fourth-order valence-electron chi connectivity index (χ4n) is 2.78. The molecule has 1 aromatic carbocycles. The Hall–Kier alpha value is -2.10. The molecule has 1 aromatic rings. The largest absolute Gasteiger partial charge is 0.390 e. The molecule has 1 aliphatic heterocycles. The molecule has 0 saturated carbocycles. The van der Waals surface area contributed by atoms with Crippen LogP contribution in [-0.4, -0.2) is 30.2 Å². The van der Waals surface area contributed by atoms with Gasteiger partial charge >= 0.3 is 0 Å². The number of aryl methyl sites for hydroxylation is 1. The van der Waals surface area contributed by atoms with Gasteiger partial charge in [-0.3, -0.25) is 4.79 Å². The smallest absolute Gasteiger partial charge is 0.255 e. The highest BCUT2D eigenvalue weighted by Crippen LogP contribution is 2.28. The van der Waals surface area contributed by atoms with Gasteiger partial charge in [-0.2, -0.15) is 0 Å². The third-order valence-electron chi connectivity index (χ3n) is 4.07. The topological polar surface area (TPSA) is 49.4 Å². The van der Waals surface area contributed by atoms with Crippen LogP contribution in [0.25, 0.3) is 0 Å². The second-order valence-corrected chi connectivity index (χ2v) is 5.31. The predicted octanol–water partition coefficient (Wildman–Crippen LogP) is 2.29. The number of benzene rings is 1. The van der Waals surface area contributed by atoms with Crippen LogP contribution in [0.3, 0.4) is 0 Å². The number of amides is 1. The van der Waals surface area contributed by atoms with Crippen molar-refractivity contribution in [3.05, 3.63) is 47.2 Å². The number of nitrogens with one attached hydrogen (secondary N) is 1. The van der Waals surface area contributed by atoms with Gasteiger partial charge in [0, 0.05) is 31.3 Å². The van der Waals surface area contributed by atoms with Crippen LogP contribution in [-0.2, 0) is 17.8 Å². The molecule has 2 rings (SSSR count). The Balaban J connectivity index is 2.26. The van der Waals surface area contributed by atoms with Gasteiger partial charge in [0.05, 0.1) is 6.04 Å². The summed E-state index contributed by atoms with van der Waals surface area (Å²) in [4.78, 5) is 25.1. The summed E-state index contributed by atoms with van der Waals surface area (Å²) in [6.45, 7) is 6.67. The van der Waals surface area contributed by atoms with E-state index >= 15 is 0 Å². The number of likely N-dealkylation sites (N-methyl/N-ethyl adjacent to an activating group) is 1. The van der Waals surface area contributed by atoms with Crippen LogP contribution in [0.15, 0.2) is 30.5 Å². The standard InChI is InChI=1S/C17H22N2O2/c1-4-13-7-8-15-14(10-13)11-19(17(15)21)16(6-5-9-20)12(2)18-3/h7-10,16,18H,2,4-6,11H2,1,3H3. The Labute approximate surface area is 125 Å². The lowest BCUT2D eigenvalue weighted by atomic mass is 10.0. The van der Waals surface area contributed by atoms with Gasteiger partial charge in [-0.15, -0.1) is 0 Å². The normalized spacial score (nSPS) is 14.8. The van der Waals surface area contributed by atoms with E-state index in [4.69, 9.17) is 0 Å². The van der Waals surface area contributed by atoms with E-state index in [0.717, 1.165) is 29.5 Å². The number of hydrogen-bond acceptors (Lipinski definition) is 3. The first kappa shape index (κ1) is 15.3. The van der Waals surface area contributed by atoms with E-state index in [1.807, 2.05) is 17.0 Å². The molecule has 1 unspecified atom stereocenters. The molecule has 1 atom stereocenters. The van der Waals surface area contributed by atoms with Gasteiger partial charge in [0.2, 0.25) is 0 Å². The fourth-order valence-corrected chi connectivity index (χ4v) is 2.78. The first-order valence-corrected chi connectivity index (χ1v) is 7.35. The van der Waals surface area contributed by atoms with Crippen molar-refractivity contribution >= 4 is 12.2 Å². The Morgan fingerprint density at radius 3 is 2.90 bits per heavy atom. The van der Waals surface area contributed by atoms with Gasteiger partial charge in [0.25, 0.3) is 5.91 Å². The van der Waals surface area contributed by atoms with Crippen LogP contribution in [0, 0.1) is 0 Å². The molecular weight excluding hydrogens is 264 g/mol. The number of fused-ring (bicyclic) bond motifs is 1. The highest BCUT2D eigenvalue weighted by Gasteiger charge is 2.33. The first-order chi connectivity index (χ1) is 10.1. The highest BCUT2D eigenvalue weighted by molar-refractivity contribution is 5.98. The zero-order valence-electron chi connectivity index (χ0n) is 12.7. The van der Waals surface area contributed by atoms with Crippen molar-refractivity contribution in [2.75, 3.05) is 7.05 Å². The Kier molecular flexibility index (Phi) is 4.78. The quantitative estimate of drug-likeness (QED) is 0.782. The second-order valence-electron chi connectivity index (χ2n) is 5.31. The molecule has 1 aliphatic rings. The number of carbonyl (C=O) groups excluding carboxylic acids is 2. The van der Waals surface area contributed by atoms with Gasteiger partial charge in [-0.1, -0.05) is 25.6 Å². The summed E-state index contributed by atoms with van der Waals surface area (Å²) in [6.07, 6.45) is 2.87. The molecule has 4 heteroatoms. The van der Waals surface area contributed by atoms with Crippen LogP contribution in [0.2, 0.25) is 0 Å². The van der Waals surface area contributed by atoms with Crippen LogP contribution in [0.1, 0.15) is 41.3 Å². The Morgan fingerprint density at radius 2 is 2.29 bits per heavy atom. The summed E-state index contributed by atoms with van der Waals surface area (Å²) < 4.78 is 0. The number of aldehydes is 1. The van der Waals surface area contributed by atoms with Crippen molar-refractivity contribution in [2.24, 2.45) is 0 Å². The van der Waals surface area contributed by atoms with Crippen LogP contribution < -0.4 is 5.32 Å². The second kappa shape index (κ2) is 6.57. The molecule has 1 amide bonds. The summed E-state index contributed by atoms with van der Waals surface area (Å²) in [5, 5.41) is 3.02. The summed E-state index contributed by atoms with van der Waals surface area (Å²) in [5.74, 6) is 0.0277. The Morgan fingerprint density at radius 1 is 1.52 bits per heavy atom. The van der Waals surface area contributed by atoms with Crippen molar-refractivity contribution in [1.29, 1.82) is 0 Å². The average molecular weight is 286 g/mol. The third kappa shape index (κ3) is 2.99. The molecular formula is C17H22N2O2. The maximum atomic E-state index is 12.6. The minimum atomic E-state index is -0.148. The third-order valence-corrected chi connectivity index (χ3v) is 4.07. The van der Waals surface area contributed by atoms with Gasteiger partial charge < -0.3 is 15.0 Å². The molecule has 0 aromatic heterocycles. The summed E-state index contributed by atoms with van der Waals surface area (Å²) in [6, 6.07) is 5.87. The summed E-state index contributed by atoms with van der Waals surface area (Å²) >= 11 is 0. The lowest BCUT2D eigenvalue weighted by molar-refractivity contribution is -0.108. The molecule has 4 nitrogen and oxygen atoms in total. The molecule has 0 saturated heterocycles. The van der Waals surface area contributed by atoms with E-state index in [1.54, 1.807) is 7.05 Å². The first-order valence-electron chi connectivity index (χ1n) is 7.35. The SMILES string of the molecule is C=C(NC)C(CCC=O)N1Cc2cc(CC)ccc2C1=O.